The fourth-order valence-electron chi connectivity index (χ4n) is 2.18. The van der Waals surface area contributed by atoms with Crippen LogP contribution in [0.15, 0.2) is 24.3 Å². The van der Waals surface area contributed by atoms with Crippen LogP contribution in [-0.4, -0.2) is 29.5 Å². The fourth-order valence-corrected chi connectivity index (χ4v) is 2.18. The molecule has 2 aromatic rings. The highest BCUT2D eigenvalue weighted by Gasteiger charge is 2.21. The van der Waals surface area contributed by atoms with Crippen molar-refractivity contribution in [2.24, 2.45) is 0 Å². The predicted octanol–water partition coefficient (Wildman–Crippen LogP) is 2.67. The van der Waals surface area contributed by atoms with E-state index in [-0.39, 0.29) is 5.97 Å². The lowest BCUT2D eigenvalue weighted by atomic mass is 10.2. The van der Waals surface area contributed by atoms with E-state index in [0.29, 0.717) is 23.6 Å². The highest BCUT2D eigenvalue weighted by atomic mass is 16.5. The van der Waals surface area contributed by atoms with Crippen molar-refractivity contribution in [1.29, 1.82) is 0 Å². The predicted molar refractivity (Wildman–Crippen MR) is 75.5 cm³/mol. The molecule has 5 nitrogen and oxygen atoms in total. The Bertz CT molecular complexity index is 632. The lowest BCUT2D eigenvalue weighted by Crippen LogP contribution is -2.08. The first kappa shape index (κ1) is 14.1. The molecule has 20 heavy (non-hydrogen) atoms. The second-order valence-corrected chi connectivity index (χ2v) is 4.35. The minimum absolute atomic E-state index is 0.344. The molecule has 2 rings (SSSR count). The summed E-state index contributed by atoms with van der Waals surface area (Å²) in [6.07, 6.45) is 0. The summed E-state index contributed by atoms with van der Waals surface area (Å²) < 4.78 is 12.1. The summed E-state index contributed by atoms with van der Waals surface area (Å²) in [5, 5.41) is 4.43. The van der Waals surface area contributed by atoms with Crippen LogP contribution in [0.4, 0.5) is 0 Å². The van der Waals surface area contributed by atoms with E-state index in [0.717, 1.165) is 11.4 Å². The maximum atomic E-state index is 12.0. The number of carbonyl (C=O) groups is 1. The number of aromatic nitrogens is 2. The zero-order chi connectivity index (χ0) is 14.7. The number of nitrogens with zero attached hydrogens (tertiary/aromatic N) is 2. The number of carbonyl (C=O) groups excluding carboxylic acids is 1. The minimum Gasteiger partial charge on any atom is -0.494 e. The van der Waals surface area contributed by atoms with Gasteiger partial charge in [0.05, 0.1) is 25.1 Å². The maximum Gasteiger partial charge on any atom is 0.341 e. The average Bonchev–Trinajstić information content (AvgIpc) is 2.74. The maximum absolute atomic E-state index is 12.0. The molecule has 0 N–H and O–H groups in total. The first-order valence-electron chi connectivity index (χ1n) is 6.46. The number of hydrogen-bond donors (Lipinski definition) is 0. The van der Waals surface area contributed by atoms with Crippen molar-refractivity contribution >= 4 is 5.97 Å². The molecule has 0 amide bonds. The first-order chi connectivity index (χ1) is 9.60. The molecule has 0 radical (unpaired) electrons. The number of hydrogen-bond acceptors (Lipinski definition) is 4. The molecular weight excluding hydrogens is 256 g/mol. The molecule has 0 unspecified atom stereocenters. The van der Waals surface area contributed by atoms with Gasteiger partial charge in [0, 0.05) is 0 Å². The van der Waals surface area contributed by atoms with Gasteiger partial charge >= 0.3 is 5.97 Å². The number of ether oxygens (including phenoxy) is 2. The van der Waals surface area contributed by atoms with E-state index in [4.69, 9.17) is 9.47 Å². The normalized spacial score (nSPS) is 10.4. The van der Waals surface area contributed by atoms with Crippen molar-refractivity contribution in [3.05, 3.63) is 41.2 Å². The van der Waals surface area contributed by atoms with Crippen LogP contribution in [0.1, 0.15) is 28.7 Å². The minimum atomic E-state index is -0.344. The third-order valence-electron chi connectivity index (χ3n) is 3.08. The van der Waals surface area contributed by atoms with Crippen LogP contribution in [0.2, 0.25) is 0 Å². The third-order valence-corrected chi connectivity index (χ3v) is 3.08. The molecule has 0 saturated heterocycles. The second-order valence-electron chi connectivity index (χ2n) is 4.35. The SMILES string of the molecule is CCOC(=O)c1c(C)nn(-c2ccccc2OC)c1C. The molecule has 1 aromatic carbocycles. The van der Waals surface area contributed by atoms with Gasteiger partial charge < -0.3 is 9.47 Å². The molecule has 0 aliphatic carbocycles. The number of methoxy groups -OCH3 is 1. The Morgan fingerprint density at radius 2 is 2.00 bits per heavy atom. The Balaban J connectivity index is 2.54. The van der Waals surface area contributed by atoms with Crippen molar-refractivity contribution in [2.45, 2.75) is 20.8 Å². The van der Waals surface area contributed by atoms with Crippen LogP contribution >= 0.6 is 0 Å². The number of rotatable bonds is 4. The van der Waals surface area contributed by atoms with Gasteiger partial charge in [-0.25, -0.2) is 9.48 Å². The Morgan fingerprint density at radius 1 is 1.30 bits per heavy atom. The van der Waals surface area contributed by atoms with Crippen molar-refractivity contribution in [1.82, 2.24) is 9.78 Å². The highest BCUT2D eigenvalue weighted by molar-refractivity contribution is 5.92. The van der Waals surface area contributed by atoms with E-state index in [1.807, 2.05) is 31.2 Å². The summed E-state index contributed by atoms with van der Waals surface area (Å²) in [5.74, 6) is 0.358. The average molecular weight is 274 g/mol. The lowest BCUT2D eigenvalue weighted by Gasteiger charge is -2.10. The standard InChI is InChI=1S/C15H18N2O3/c1-5-20-15(18)14-10(2)16-17(11(14)3)12-8-6-7-9-13(12)19-4/h6-9H,5H2,1-4H3. The van der Waals surface area contributed by atoms with E-state index in [2.05, 4.69) is 5.10 Å². The lowest BCUT2D eigenvalue weighted by molar-refractivity contribution is 0.0524. The Labute approximate surface area is 118 Å². The topological polar surface area (TPSA) is 53.3 Å². The molecule has 0 spiro atoms. The third kappa shape index (κ3) is 2.39. The van der Waals surface area contributed by atoms with Crippen LogP contribution in [-0.2, 0) is 4.74 Å². The van der Waals surface area contributed by atoms with E-state index in [1.54, 1.807) is 25.6 Å². The van der Waals surface area contributed by atoms with Gasteiger partial charge in [0.2, 0.25) is 0 Å². The largest absolute Gasteiger partial charge is 0.494 e. The van der Waals surface area contributed by atoms with Crippen molar-refractivity contribution in [3.8, 4) is 11.4 Å². The van der Waals surface area contributed by atoms with Gasteiger partial charge in [-0.1, -0.05) is 12.1 Å². The van der Waals surface area contributed by atoms with Gasteiger partial charge in [-0.15, -0.1) is 0 Å². The second kappa shape index (κ2) is 5.77. The molecule has 0 bridgehead atoms. The number of para-hydroxylation sites is 2. The number of benzene rings is 1. The van der Waals surface area contributed by atoms with Gasteiger partial charge in [-0.05, 0) is 32.9 Å². The van der Waals surface area contributed by atoms with E-state index in [9.17, 15) is 4.79 Å². The molecule has 0 aliphatic rings. The molecule has 5 heteroatoms. The molecule has 1 heterocycles. The monoisotopic (exact) mass is 274 g/mol. The number of aryl methyl sites for hydroxylation is 1. The van der Waals surface area contributed by atoms with Crippen LogP contribution in [0.25, 0.3) is 5.69 Å². The summed E-state index contributed by atoms with van der Waals surface area (Å²) in [5.41, 5.74) is 2.70. The van der Waals surface area contributed by atoms with Crippen molar-refractivity contribution in [2.75, 3.05) is 13.7 Å². The Kier molecular flexibility index (Phi) is 4.08. The molecular formula is C15H18N2O3. The van der Waals surface area contributed by atoms with Gasteiger partial charge in [0.15, 0.2) is 0 Å². The summed E-state index contributed by atoms with van der Waals surface area (Å²) in [6.45, 7) is 5.77. The summed E-state index contributed by atoms with van der Waals surface area (Å²) >= 11 is 0. The summed E-state index contributed by atoms with van der Waals surface area (Å²) in [7, 11) is 1.61. The summed E-state index contributed by atoms with van der Waals surface area (Å²) in [4.78, 5) is 12.0. The zero-order valence-corrected chi connectivity index (χ0v) is 12.1. The van der Waals surface area contributed by atoms with Crippen LogP contribution in [0.5, 0.6) is 5.75 Å². The summed E-state index contributed by atoms with van der Waals surface area (Å²) in [6, 6.07) is 7.54. The molecule has 106 valence electrons. The zero-order valence-electron chi connectivity index (χ0n) is 12.1. The first-order valence-corrected chi connectivity index (χ1v) is 6.46. The van der Waals surface area contributed by atoms with E-state index >= 15 is 0 Å². The van der Waals surface area contributed by atoms with Gasteiger partial charge in [0.1, 0.15) is 17.0 Å². The van der Waals surface area contributed by atoms with Crippen molar-refractivity contribution < 1.29 is 14.3 Å². The van der Waals surface area contributed by atoms with Crippen LogP contribution in [0.3, 0.4) is 0 Å². The smallest absolute Gasteiger partial charge is 0.341 e. The van der Waals surface area contributed by atoms with Gasteiger partial charge in [0.25, 0.3) is 0 Å². The van der Waals surface area contributed by atoms with E-state index in [1.165, 1.54) is 0 Å². The van der Waals surface area contributed by atoms with Crippen LogP contribution < -0.4 is 4.74 Å². The fraction of sp³-hybridized carbons (Fsp3) is 0.333. The van der Waals surface area contributed by atoms with Gasteiger partial charge in [-0.3, -0.25) is 0 Å². The van der Waals surface area contributed by atoms with Gasteiger partial charge in [-0.2, -0.15) is 5.10 Å². The molecule has 0 saturated carbocycles. The van der Waals surface area contributed by atoms with Crippen LogP contribution in [0, 0.1) is 13.8 Å². The molecule has 0 fully saturated rings. The number of esters is 1. The van der Waals surface area contributed by atoms with Crippen molar-refractivity contribution in [3.63, 3.8) is 0 Å². The van der Waals surface area contributed by atoms with E-state index < -0.39 is 0 Å². The highest BCUT2D eigenvalue weighted by Crippen LogP contribution is 2.25. The molecule has 0 atom stereocenters. The molecule has 1 aromatic heterocycles. The quantitative estimate of drug-likeness (QED) is 0.804. The molecule has 0 aliphatic heterocycles. The Morgan fingerprint density at radius 3 is 2.65 bits per heavy atom. The Hall–Kier alpha value is -2.30.